The van der Waals surface area contributed by atoms with Crippen LogP contribution in [0.15, 0.2) is 36.4 Å². The fraction of sp³-hybridized carbons (Fsp3) is 0.316. The molecule has 1 aliphatic heterocycles. The van der Waals surface area contributed by atoms with Crippen LogP contribution in [-0.2, 0) is 9.53 Å². The maximum absolute atomic E-state index is 14.4. The monoisotopic (exact) mass is 412 g/mol. The zero-order valence-electron chi connectivity index (χ0n) is 14.5. The summed E-state index contributed by atoms with van der Waals surface area (Å²) < 4.78 is 25.1. The van der Waals surface area contributed by atoms with Gasteiger partial charge in [-0.2, -0.15) is 0 Å². The molecule has 1 saturated heterocycles. The topological polar surface area (TPSA) is 50.8 Å². The van der Waals surface area contributed by atoms with E-state index in [4.69, 9.17) is 32.7 Å². The van der Waals surface area contributed by atoms with E-state index in [9.17, 15) is 9.18 Å². The zero-order valence-corrected chi connectivity index (χ0v) is 16.0. The van der Waals surface area contributed by atoms with Crippen molar-refractivity contribution in [1.29, 1.82) is 0 Å². The molecule has 8 heteroatoms. The van der Waals surface area contributed by atoms with Gasteiger partial charge in [-0.15, -0.1) is 0 Å². The van der Waals surface area contributed by atoms with Gasteiger partial charge < -0.3 is 19.7 Å². The summed E-state index contributed by atoms with van der Waals surface area (Å²) in [7, 11) is 0. The maximum atomic E-state index is 14.4. The van der Waals surface area contributed by atoms with Crippen molar-refractivity contribution < 1.29 is 18.7 Å². The van der Waals surface area contributed by atoms with Gasteiger partial charge in [-0.1, -0.05) is 29.3 Å². The number of amides is 1. The second-order valence-corrected chi connectivity index (χ2v) is 6.75. The summed E-state index contributed by atoms with van der Waals surface area (Å²) in [5, 5.41) is 3.35. The molecule has 0 radical (unpaired) electrons. The zero-order chi connectivity index (χ0) is 19.2. The summed E-state index contributed by atoms with van der Waals surface area (Å²) in [4.78, 5) is 14.0. The predicted molar refractivity (Wildman–Crippen MR) is 105 cm³/mol. The van der Waals surface area contributed by atoms with Crippen LogP contribution in [0.2, 0.25) is 10.0 Å². The number of nitrogens with one attached hydrogen (secondary N) is 1. The Kier molecular flexibility index (Phi) is 6.77. The number of carbonyl (C=O) groups excluding carboxylic acids is 1. The lowest BCUT2D eigenvalue weighted by Gasteiger charge is -2.29. The Morgan fingerprint density at radius 3 is 2.74 bits per heavy atom. The van der Waals surface area contributed by atoms with E-state index in [0.717, 1.165) is 0 Å². The molecule has 1 amide bonds. The number of morpholine rings is 1. The van der Waals surface area contributed by atoms with E-state index < -0.39 is 0 Å². The average molecular weight is 413 g/mol. The van der Waals surface area contributed by atoms with Crippen molar-refractivity contribution >= 4 is 40.5 Å². The van der Waals surface area contributed by atoms with E-state index in [1.807, 2.05) is 4.90 Å². The highest BCUT2D eigenvalue weighted by Gasteiger charge is 2.16. The first kappa shape index (κ1) is 19.7. The van der Waals surface area contributed by atoms with Crippen LogP contribution in [0.1, 0.15) is 6.42 Å². The van der Waals surface area contributed by atoms with Crippen molar-refractivity contribution in [2.45, 2.75) is 6.42 Å². The van der Waals surface area contributed by atoms with Gasteiger partial charge in [0.05, 0.1) is 37.0 Å². The van der Waals surface area contributed by atoms with E-state index in [2.05, 4.69) is 5.32 Å². The molecule has 0 saturated carbocycles. The number of rotatable bonds is 6. The normalized spacial score (nSPS) is 14.1. The highest BCUT2D eigenvalue weighted by molar-refractivity contribution is 6.42. The number of hydrogen-bond acceptors (Lipinski definition) is 4. The van der Waals surface area contributed by atoms with Crippen molar-refractivity contribution in [2.75, 3.05) is 43.1 Å². The number of nitrogens with zero attached hydrogens (tertiary/aromatic N) is 1. The van der Waals surface area contributed by atoms with Crippen LogP contribution in [0.4, 0.5) is 15.8 Å². The van der Waals surface area contributed by atoms with Crippen molar-refractivity contribution in [1.82, 2.24) is 0 Å². The molecule has 1 heterocycles. The van der Waals surface area contributed by atoms with E-state index in [1.54, 1.807) is 30.3 Å². The Morgan fingerprint density at radius 1 is 1.22 bits per heavy atom. The lowest BCUT2D eigenvalue weighted by Crippen LogP contribution is -2.36. The predicted octanol–water partition coefficient (Wildman–Crippen LogP) is 4.38. The fourth-order valence-electron chi connectivity index (χ4n) is 2.72. The van der Waals surface area contributed by atoms with Gasteiger partial charge in [0.1, 0.15) is 16.6 Å². The third-order valence-corrected chi connectivity index (χ3v) is 4.89. The summed E-state index contributed by atoms with van der Waals surface area (Å²) in [6.07, 6.45) is 0.0929. The van der Waals surface area contributed by atoms with Gasteiger partial charge in [0.15, 0.2) is 0 Å². The molecule has 0 bridgehead atoms. The van der Waals surface area contributed by atoms with Gasteiger partial charge in [0.2, 0.25) is 5.91 Å². The second-order valence-electron chi connectivity index (χ2n) is 5.96. The Balaban J connectivity index is 1.51. The molecule has 27 heavy (non-hydrogen) atoms. The van der Waals surface area contributed by atoms with Crippen LogP contribution < -0.4 is 15.0 Å². The third-order valence-electron chi connectivity index (χ3n) is 4.09. The minimum atomic E-state index is -0.378. The van der Waals surface area contributed by atoms with Crippen LogP contribution in [0.5, 0.6) is 5.75 Å². The maximum Gasteiger partial charge on any atom is 0.227 e. The minimum absolute atomic E-state index is 0.0929. The van der Waals surface area contributed by atoms with Crippen LogP contribution in [-0.4, -0.2) is 38.8 Å². The number of ether oxygens (including phenoxy) is 2. The molecule has 5 nitrogen and oxygen atoms in total. The molecular formula is C19H19Cl2FN2O3. The van der Waals surface area contributed by atoms with Crippen LogP contribution >= 0.6 is 23.2 Å². The van der Waals surface area contributed by atoms with Crippen molar-refractivity contribution in [3.63, 3.8) is 0 Å². The van der Waals surface area contributed by atoms with E-state index >= 15 is 0 Å². The Hall–Kier alpha value is -2.02. The van der Waals surface area contributed by atoms with Gasteiger partial charge in [-0.05, 0) is 30.3 Å². The Labute approximate surface area is 167 Å². The van der Waals surface area contributed by atoms with Crippen molar-refractivity contribution in [3.8, 4) is 5.75 Å². The summed E-state index contributed by atoms with van der Waals surface area (Å²) in [6, 6.07) is 9.70. The lowest BCUT2D eigenvalue weighted by atomic mass is 10.2. The number of halogens is 3. The highest BCUT2D eigenvalue weighted by atomic mass is 35.5. The first-order chi connectivity index (χ1) is 13.0. The van der Waals surface area contributed by atoms with Crippen molar-refractivity contribution in [2.24, 2.45) is 0 Å². The van der Waals surface area contributed by atoms with Gasteiger partial charge in [0, 0.05) is 18.8 Å². The molecule has 1 fully saturated rings. The second kappa shape index (κ2) is 9.26. The highest BCUT2D eigenvalue weighted by Crippen LogP contribution is 2.31. The van der Waals surface area contributed by atoms with E-state index in [0.29, 0.717) is 53.5 Å². The largest absolute Gasteiger partial charge is 0.491 e. The fourth-order valence-corrected chi connectivity index (χ4v) is 3.06. The number of carbonyl (C=O) groups is 1. The van der Waals surface area contributed by atoms with E-state index in [1.165, 1.54) is 6.07 Å². The van der Waals surface area contributed by atoms with Crippen molar-refractivity contribution in [3.05, 3.63) is 52.3 Å². The molecule has 2 aromatic rings. The molecule has 2 aromatic carbocycles. The number of anilines is 2. The van der Waals surface area contributed by atoms with Crippen LogP contribution in [0.3, 0.4) is 0 Å². The third kappa shape index (κ3) is 5.25. The SMILES string of the molecule is O=C(CCOc1cccc(Cl)c1Cl)Nc1ccc(N2CCOCC2)c(F)c1. The minimum Gasteiger partial charge on any atom is -0.491 e. The standard InChI is InChI=1S/C19H19Cl2FN2O3/c20-14-2-1-3-17(19(14)21)27-9-6-18(25)23-13-4-5-16(15(22)12-13)24-7-10-26-11-8-24/h1-5,12H,6-11H2,(H,23,25). The first-order valence-electron chi connectivity index (χ1n) is 8.53. The molecule has 3 rings (SSSR count). The summed E-state index contributed by atoms with van der Waals surface area (Å²) in [5.74, 6) is -0.249. The number of benzene rings is 2. The summed E-state index contributed by atoms with van der Waals surface area (Å²) in [6.45, 7) is 2.57. The molecule has 0 aliphatic carbocycles. The molecule has 0 atom stereocenters. The van der Waals surface area contributed by atoms with Gasteiger partial charge in [0.25, 0.3) is 0 Å². The molecule has 144 valence electrons. The lowest BCUT2D eigenvalue weighted by molar-refractivity contribution is -0.116. The summed E-state index contributed by atoms with van der Waals surface area (Å²) in [5.41, 5.74) is 0.908. The first-order valence-corrected chi connectivity index (χ1v) is 9.29. The molecule has 1 N–H and O–H groups in total. The van der Waals surface area contributed by atoms with Gasteiger partial charge in [-0.25, -0.2) is 4.39 Å². The molecule has 0 spiro atoms. The quantitative estimate of drug-likeness (QED) is 0.764. The van der Waals surface area contributed by atoms with Gasteiger partial charge in [-0.3, -0.25) is 4.79 Å². The smallest absolute Gasteiger partial charge is 0.227 e. The van der Waals surface area contributed by atoms with Gasteiger partial charge >= 0.3 is 0 Å². The molecule has 1 aliphatic rings. The van der Waals surface area contributed by atoms with Crippen LogP contribution in [0, 0.1) is 5.82 Å². The van der Waals surface area contributed by atoms with E-state index in [-0.39, 0.29) is 24.8 Å². The Morgan fingerprint density at radius 2 is 2.00 bits per heavy atom. The molecule has 0 aromatic heterocycles. The van der Waals surface area contributed by atoms with Crippen LogP contribution in [0.25, 0.3) is 0 Å². The summed E-state index contributed by atoms with van der Waals surface area (Å²) >= 11 is 11.9. The molecular weight excluding hydrogens is 394 g/mol. The average Bonchev–Trinajstić information content (AvgIpc) is 2.66. The Bertz CT molecular complexity index is 814. The number of hydrogen-bond donors (Lipinski definition) is 1. The molecule has 0 unspecified atom stereocenters.